The van der Waals surface area contributed by atoms with Crippen molar-refractivity contribution in [3.05, 3.63) is 59.2 Å². The third kappa shape index (κ3) is 3.88. The van der Waals surface area contributed by atoms with Gasteiger partial charge in [0.05, 0.1) is 11.6 Å². The fraction of sp³-hybridized carbons (Fsp3) is 0.462. The molecule has 1 saturated heterocycles. The van der Waals surface area contributed by atoms with E-state index in [0.29, 0.717) is 6.42 Å². The number of likely N-dealkylation sites (tertiary alicyclic amines) is 1. The maximum atomic E-state index is 12.6. The zero-order valence-corrected chi connectivity index (χ0v) is 19.0. The molecule has 0 radical (unpaired) electrons. The molecule has 2 aromatic heterocycles. The Labute approximate surface area is 189 Å². The number of carbonyl (C=O) groups is 1. The number of aryl methyl sites for hydroxylation is 1. The van der Waals surface area contributed by atoms with E-state index in [1.54, 1.807) is 0 Å². The molecule has 3 aromatic rings. The van der Waals surface area contributed by atoms with Gasteiger partial charge in [-0.05, 0) is 56.8 Å². The lowest BCUT2D eigenvalue weighted by Crippen LogP contribution is -2.39. The number of amides is 1. The number of nitrogens with zero attached hydrogens (tertiary/aromatic N) is 5. The first-order valence-corrected chi connectivity index (χ1v) is 11.9. The van der Waals surface area contributed by atoms with E-state index in [-0.39, 0.29) is 11.9 Å². The third-order valence-electron chi connectivity index (χ3n) is 6.82. The van der Waals surface area contributed by atoms with Crippen LogP contribution in [0.4, 0.5) is 5.82 Å². The molecule has 0 aliphatic carbocycles. The number of fused-ring (bicyclic) bond motifs is 2. The zero-order chi connectivity index (χ0) is 22.1. The molecule has 1 fully saturated rings. The summed E-state index contributed by atoms with van der Waals surface area (Å²) in [6.07, 6.45) is 7.48. The molecule has 6 nitrogen and oxygen atoms in total. The summed E-state index contributed by atoms with van der Waals surface area (Å²) in [6, 6.07) is 10.7. The lowest BCUT2D eigenvalue weighted by Gasteiger charge is -2.36. The van der Waals surface area contributed by atoms with Crippen LogP contribution in [0, 0.1) is 6.92 Å². The van der Waals surface area contributed by atoms with E-state index in [9.17, 15) is 4.79 Å². The van der Waals surface area contributed by atoms with Crippen molar-refractivity contribution in [1.29, 1.82) is 0 Å². The standard InChI is InChI=1S/C26H31N5O/c1-3-15-31-24(32)13-12-20-18(2)28-25(29-26(20)31)23-11-4-5-16-30(23)17-19-8-6-10-22-21(19)9-7-14-27-22/h6-10,14,23H,3-5,11-13,15-17H2,1-2H3/t23-/m1/s1. The van der Waals surface area contributed by atoms with Crippen LogP contribution in [0.2, 0.25) is 0 Å². The Morgan fingerprint density at radius 3 is 2.88 bits per heavy atom. The first kappa shape index (κ1) is 21.0. The number of rotatable bonds is 5. The molecule has 0 spiro atoms. The highest BCUT2D eigenvalue weighted by Gasteiger charge is 2.32. The van der Waals surface area contributed by atoms with Crippen LogP contribution in [-0.2, 0) is 17.8 Å². The van der Waals surface area contributed by atoms with E-state index in [0.717, 1.165) is 67.3 Å². The van der Waals surface area contributed by atoms with E-state index in [1.807, 2.05) is 17.2 Å². The summed E-state index contributed by atoms with van der Waals surface area (Å²) in [5.41, 5.74) is 4.50. The average Bonchev–Trinajstić information content (AvgIpc) is 2.81. The highest BCUT2D eigenvalue weighted by atomic mass is 16.2. The third-order valence-corrected chi connectivity index (χ3v) is 6.82. The number of pyridine rings is 1. The molecule has 5 rings (SSSR count). The van der Waals surface area contributed by atoms with Gasteiger partial charge >= 0.3 is 0 Å². The Hall–Kier alpha value is -2.86. The molecule has 0 N–H and O–H groups in total. The molecule has 1 atom stereocenters. The van der Waals surface area contributed by atoms with Gasteiger partial charge in [0.1, 0.15) is 11.6 Å². The Morgan fingerprint density at radius 1 is 1.09 bits per heavy atom. The number of piperidine rings is 1. The Bertz CT molecular complexity index is 1140. The minimum absolute atomic E-state index is 0.167. The predicted molar refractivity (Wildman–Crippen MR) is 126 cm³/mol. The van der Waals surface area contributed by atoms with Gasteiger partial charge in [-0.2, -0.15) is 0 Å². The van der Waals surface area contributed by atoms with Gasteiger partial charge in [0.2, 0.25) is 5.91 Å². The molecule has 0 unspecified atom stereocenters. The molecular formula is C26H31N5O. The largest absolute Gasteiger partial charge is 0.296 e. The summed E-state index contributed by atoms with van der Waals surface area (Å²) in [7, 11) is 0. The maximum Gasteiger partial charge on any atom is 0.228 e. The number of benzene rings is 1. The molecule has 0 bridgehead atoms. The van der Waals surface area contributed by atoms with Crippen molar-refractivity contribution in [2.24, 2.45) is 0 Å². The second-order valence-corrected chi connectivity index (χ2v) is 8.98. The minimum atomic E-state index is 0.167. The van der Waals surface area contributed by atoms with Crippen LogP contribution < -0.4 is 4.90 Å². The monoisotopic (exact) mass is 429 g/mol. The Balaban J connectivity index is 1.50. The SMILES string of the molecule is CCCN1C(=O)CCc2c(C)nc([C@H]3CCCCN3Cc3cccc4ncccc34)nc21. The summed E-state index contributed by atoms with van der Waals surface area (Å²) in [4.78, 5) is 31.6. The molecule has 2 aliphatic heterocycles. The van der Waals surface area contributed by atoms with Gasteiger partial charge < -0.3 is 0 Å². The summed E-state index contributed by atoms with van der Waals surface area (Å²) < 4.78 is 0. The van der Waals surface area contributed by atoms with Crippen LogP contribution in [0.1, 0.15) is 67.7 Å². The van der Waals surface area contributed by atoms with Crippen molar-refractivity contribution < 1.29 is 4.79 Å². The number of hydrogen-bond acceptors (Lipinski definition) is 5. The number of anilines is 1. The van der Waals surface area contributed by atoms with Crippen LogP contribution in [0.5, 0.6) is 0 Å². The second-order valence-electron chi connectivity index (χ2n) is 8.98. The summed E-state index contributed by atoms with van der Waals surface area (Å²) in [5, 5.41) is 1.21. The van der Waals surface area contributed by atoms with Crippen LogP contribution in [-0.4, -0.2) is 38.8 Å². The molecule has 1 amide bonds. The first-order chi connectivity index (χ1) is 15.7. The fourth-order valence-corrected chi connectivity index (χ4v) is 5.20. The normalized spacial score (nSPS) is 19.4. The summed E-state index contributed by atoms with van der Waals surface area (Å²) in [5.74, 6) is 1.91. The molecular weight excluding hydrogens is 398 g/mol. The highest BCUT2D eigenvalue weighted by Crippen LogP contribution is 2.35. The number of aromatic nitrogens is 3. The Morgan fingerprint density at radius 2 is 2.00 bits per heavy atom. The van der Waals surface area contributed by atoms with Crippen molar-refractivity contribution in [3.8, 4) is 0 Å². The van der Waals surface area contributed by atoms with Crippen LogP contribution >= 0.6 is 0 Å². The fourth-order valence-electron chi connectivity index (χ4n) is 5.20. The summed E-state index contributed by atoms with van der Waals surface area (Å²) >= 11 is 0. The van der Waals surface area contributed by atoms with E-state index in [1.165, 1.54) is 23.8 Å². The molecule has 4 heterocycles. The molecule has 6 heteroatoms. The van der Waals surface area contributed by atoms with Crippen LogP contribution in [0.25, 0.3) is 10.9 Å². The van der Waals surface area contributed by atoms with Gasteiger partial charge in [-0.25, -0.2) is 9.97 Å². The first-order valence-electron chi connectivity index (χ1n) is 11.9. The molecule has 2 aliphatic rings. The summed E-state index contributed by atoms with van der Waals surface area (Å²) in [6.45, 7) is 6.79. The van der Waals surface area contributed by atoms with Crippen molar-refractivity contribution in [2.75, 3.05) is 18.0 Å². The van der Waals surface area contributed by atoms with E-state index < -0.39 is 0 Å². The number of hydrogen-bond donors (Lipinski definition) is 0. The zero-order valence-electron chi connectivity index (χ0n) is 19.0. The van der Waals surface area contributed by atoms with Crippen LogP contribution in [0.3, 0.4) is 0 Å². The predicted octanol–water partition coefficient (Wildman–Crippen LogP) is 4.75. The van der Waals surface area contributed by atoms with Crippen LogP contribution in [0.15, 0.2) is 36.5 Å². The Kier molecular flexibility index (Phi) is 5.87. The van der Waals surface area contributed by atoms with E-state index >= 15 is 0 Å². The smallest absolute Gasteiger partial charge is 0.228 e. The molecule has 1 aromatic carbocycles. The highest BCUT2D eigenvalue weighted by molar-refractivity contribution is 5.95. The average molecular weight is 430 g/mol. The van der Waals surface area contributed by atoms with Crippen molar-refractivity contribution in [1.82, 2.24) is 19.9 Å². The quantitative estimate of drug-likeness (QED) is 0.586. The number of carbonyl (C=O) groups excluding carboxylic acids is 1. The van der Waals surface area contributed by atoms with E-state index in [4.69, 9.17) is 9.97 Å². The molecule has 32 heavy (non-hydrogen) atoms. The van der Waals surface area contributed by atoms with Gasteiger partial charge in [0, 0.05) is 42.4 Å². The van der Waals surface area contributed by atoms with Gasteiger partial charge in [0.25, 0.3) is 0 Å². The minimum Gasteiger partial charge on any atom is -0.296 e. The van der Waals surface area contributed by atoms with Crippen molar-refractivity contribution in [2.45, 2.75) is 65.0 Å². The lowest BCUT2D eigenvalue weighted by atomic mass is 9.98. The van der Waals surface area contributed by atoms with Crippen molar-refractivity contribution in [3.63, 3.8) is 0 Å². The maximum absolute atomic E-state index is 12.6. The van der Waals surface area contributed by atoms with Crippen molar-refractivity contribution >= 4 is 22.6 Å². The van der Waals surface area contributed by atoms with E-state index in [2.05, 4.69) is 48.0 Å². The molecule has 166 valence electrons. The van der Waals surface area contributed by atoms with Gasteiger partial charge in [-0.15, -0.1) is 0 Å². The van der Waals surface area contributed by atoms with Gasteiger partial charge in [-0.3, -0.25) is 19.6 Å². The van der Waals surface area contributed by atoms with Gasteiger partial charge in [-0.1, -0.05) is 31.5 Å². The van der Waals surface area contributed by atoms with Gasteiger partial charge in [0.15, 0.2) is 0 Å². The topological polar surface area (TPSA) is 62.2 Å². The lowest BCUT2D eigenvalue weighted by molar-refractivity contribution is -0.119. The molecule has 0 saturated carbocycles. The second kappa shape index (κ2) is 8.94.